The van der Waals surface area contributed by atoms with E-state index in [2.05, 4.69) is 69.9 Å². The molecule has 1 heterocycles. The van der Waals surface area contributed by atoms with Crippen LogP contribution in [0, 0.1) is 3.57 Å². The minimum atomic E-state index is -0.316. The van der Waals surface area contributed by atoms with Crippen LogP contribution in [0.3, 0.4) is 0 Å². The average Bonchev–Trinajstić information content (AvgIpc) is 3.20. The van der Waals surface area contributed by atoms with Crippen molar-refractivity contribution in [3.8, 4) is 0 Å². The number of rotatable bonds is 10. The van der Waals surface area contributed by atoms with Crippen molar-refractivity contribution in [1.29, 1.82) is 0 Å². The Hall–Kier alpha value is -2.08. The standard InChI is InChI=1S/C24H24Cl2IN5O2S/c1-4-9-32-21(12-28-23(34)15-5-7-18(25)19(26)10-15)30-31-24(32)35-13-22(33)29-20-8-6-16(27)11-17(20)14(2)3/h4-8,10-11,14H,1,9,12-13H2,2-3H3,(H,28,34)(H,29,33). The van der Waals surface area contributed by atoms with Crippen LogP contribution in [0.2, 0.25) is 10.0 Å². The van der Waals surface area contributed by atoms with Crippen molar-refractivity contribution in [2.24, 2.45) is 0 Å². The molecule has 0 unspecified atom stereocenters. The topological polar surface area (TPSA) is 88.9 Å². The second kappa shape index (κ2) is 12.8. The van der Waals surface area contributed by atoms with Gasteiger partial charge in [0.25, 0.3) is 5.91 Å². The van der Waals surface area contributed by atoms with E-state index in [-0.39, 0.29) is 30.0 Å². The molecule has 0 atom stereocenters. The molecular weight excluding hydrogens is 620 g/mol. The Morgan fingerprint density at radius 2 is 1.94 bits per heavy atom. The Balaban J connectivity index is 1.64. The lowest BCUT2D eigenvalue weighted by molar-refractivity contribution is -0.113. The number of allylic oxidation sites excluding steroid dienone is 1. The Bertz CT molecular complexity index is 1250. The maximum absolute atomic E-state index is 12.7. The first-order valence-corrected chi connectivity index (χ1v) is 13.5. The zero-order chi connectivity index (χ0) is 25.5. The molecule has 2 aromatic carbocycles. The molecule has 0 saturated heterocycles. The van der Waals surface area contributed by atoms with Gasteiger partial charge in [0, 0.05) is 21.4 Å². The van der Waals surface area contributed by atoms with E-state index in [1.807, 2.05) is 16.7 Å². The number of thioether (sulfide) groups is 1. The second-order valence-corrected chi connectivity index (χ2v) is 10.8. The van der Waals surface area contributed by atoms with Gasteiger partial charge in [0.15, 0.2) is 11.0 Å². The SMILES string of the molecule is C=CCn1c(CNC(=O)c2ccc(Cl)c(Cl)c2)nnc1SCC(=O)Nc1ccc(I)cc1C(C)C. The minimum Gasteiger partial charge on any atom is -0.345 e. The quantitative estimate of drug-likeness (QED) is 0.157. The van der Waals surface area contributed by atoms with E-state index >= 15 is 0 Å². The van der Waals surface area contributed by atoms with Crippen LogP contribution in [0.25, 0.3) is 0 Å². The highest BCUT2D eigenvalue weighted by Gasteiger charge is 2.16. The summed E-state index contributed by atoms with van der Waals surface area (Å²) in [6, 6.07) is 10.6. The van der Waals surface area contributed by atoms with E-state index in [0.29, 0.717) is 33.1 Å². The Kier molecular flexibility index (Phi) is 10.0. The number of hydrogen-bond donors (Lipinski definition) is 2. The number of amides is 2. The summed E-state index contributed by atoms with van der Waals surface area (Å²) in [6.07, 6.45) is 1.71. The van der Waals surface area contributed by atoms with Gasteiger partial charge in [-0.15, -0.1) is 16.8 Å². The molecule has 184 valence electrons. The monoisotopic (exact) mass is 643 g/mol. The largest absolute Gasteiger partial charge is 0.345 e. The number of halogens is 3. The van der Waals surface area contributed by atoms with Crippen molar-refractivity contribution >= 4 is 75.1 Å². The molecule has 0 aliphatic heterocycles. The number of benzene rings is 2. The number of carbonyl (C=O) groups is 2. The molecule has 0 aliphatic carbocycles. The molecular formula is C24H24Cl2IN5O2S. The average molecular weight is 644 g/mol. The molecule has 1 aromatic heterocycles. The Morgan fingerprint density at radius 3 is 2.63 bits per heavy atom. The van der Waals surface area contributed by atoms with E-state index in [1.165, 1.54) is 17.8 Å². The van der Waals surface area contributed by atoms with Crippen LogP contribution < -0.4 is 10.6 Å². The maximum Gasteiger partial charge on any atom is 0.251 e. The van der Waals surface area contributed by atoms with Gasteiger partial charge in [-0.05, 0) is 70.5 Å². The van der Waals surface area contributed by atoms with E-state index in [4.69, 9.17) is 23.2 Å². The number of hydrogen-bond acceptors (Lipinski definition) is 5. The highest BCUT2D eigenvalue weighted by molar-refractivity contribution is 14.1. The van der Waals surface area contributed by atoms with Gasteiger partial charge in [0.1, 0.15) is 0 Å². The predicted octanol–water partition coefficient (Wildman–Crippen LogP) is 6.16. The van der Waals surface area contributed by atoms with Crippen molar-refractivity contribution in [2.45, 2.75) is 38.0 Å². The number of carbonyl (C=O) groups excluding carboxylic acids is 2. The van der Waals surface area contributed by atoms with Crippen LogP contribution in [0.4, 0.5) is 5.69 Å². The minimum absolute atomic E-state index is 0.138. The van der Waals surface area contributed by atoms with Crippen molar-refractivity contribution in [2.75, 3.05) is 11.1 Å². The fourth-order valence-electron chi connectivity index (χ4n) is 3.21. The third-order valence-electron chi connectivity index (χ3n) is 4.94. The molecule has 2 N–H and O–H groups in total. The summed E-state index contributed by atoms with van der Waals surface area (Å²) in [5.74, 6) is 0.532. The van der Waals surface area contributed by atoms with Gasteiger partial charge in [-0.2, -0.15) is 0 Å². The van der Waals surface area contributed by atoms with Gasteiger partial charge in [0.2, 0.25) is 5.91 Å². The maximum atomic E-state index is 12.7. The summed E-state index contributed by atoms with van der Waals surface area (Å²) in [4.78, 5) is 25.1. The zero-order valence-corrected chi connectivity index (χ0v) is 23.6. The molecule has 0 saturated carbocycles. The molecule has 3 aromatic rings. The third kappa shape index (κ3) is 7.45. The fourth-order valence-corrected chi connectivity index (χ4v) is 4.79. The molecule has 0 aliphatic rings. The molecule has 11 heteroatoms. The summed E-state index contributed by atoms with van der Waals surface area (Å²) in [6.45, 7) is 8.55. The van der Waals surface area contributed by atoms with Crippen LogP contribution in [-0.2, 0) is 17.9 Å². The van der Waals surface area contributed by atoms with E-state index < -0.39 is 0 Å². The zero-order valence-electron chi connectivity index (χ0n) is 19.1. The summed E-state index contributed by atoms with van der Waals surface area (Å²) in [7, 11) is 0. The van der Waals surface area contributed by atoms with Crippen molar-refractivity contribution in [3.63, 3.8) is 0 Å². The second-order valence-electron chi connectivity index (χ2n) is 7.83. The fraction of sp³-hybridized carbons (Fsp3) is 0.250. The predicted molar refractivity (Wildman–Crippen MR) is 150 cm³/mol. The molecule has 35 heavy (non-hydrogen) atoms. The molecule has 0 spiro atoms. The normalized spacial score (nSPS) is 10.9. The van der Waals surface area contributed by atoms with Crippen molar-refractivity contribution in [1.82, 2.24) is 20.1 Å². The lowest BCUT2D eigenvalue weighted by atomic mass is 10.0. The molecule has 7 nitrogen and oxygen atoms in total. The van der Waals surface area contributed by atoms with Crippen LogP contribution in [-0.4, -0.2) is 32.3 Å². The van der Waals surface area contributed by atoms with E-state index in [1.54, 1.807) is 18.2 Å². The summed E-state index contributed by atoms with van der Waals surface area (Å²) >= 11 is 15.5. The highest BCUT2D eigenvalue weighted by Crippen LogP contribution is 2.27. The van der Waals surface area contributed by atoms with Gasteiger partial charge in [-0.25, -0.2) is 0 Å². The van der Waals surface area contributed by atoms with E-state index in [9.17, 15) is 9.59 Å². The first-order chi connectivity index (χ1) is 16.7. The molecule has 0 bridgehead atoms. The number of nitrogens with zero attached hydrogens (tertiary/aromatic N) is 3. The number of aromatic nitrogens is 3. The Morgan fingerprint density at radius 1 is 1.17 bits per heavy atom. The smallest absolute Gasteiger partial charge is 0.251 e. The first kappa shape index (κ1) is 27.5. The number of anilines is 1. The first-order valence-electron chi connectivity index (χ1n) is 10.7. The molecule has 0 radical (unpaired) electrons. The lowest BCUT2D eigenvalue weighted by Gasteiger charge is -2.14. The highest BCUT2D eigenvalue weighted by atomic mass is 127. The lowest BCUT2D eigenvalue weighted by Crippen LogP contribution is -2.25. The van der Waals surface area contributed by atoms with Gasteiger partial charge in [0.05, 0.1) is 22.3 Å². The Labute approximate surface area is 232 Å². The van der Waals surface area contributed by atoms with Crippen molar-refractivity contribution in [3.05, 3.63) is 79.6 Å². The third-order valence-corrected chi connectivity index (χ3v) is 7.31. The summed E-state index contributed by atoms with van der Waals surface area (Å²) in [5, 5.41) is 15.4. The molecule has 3 rings (SSSR count). The van der Waals surface area contributed by atoms with Gasteiger partial charge in [-0.1, -0.05) is 54.9 Å². The van der Waals surface area contributed by atoms with E-state index in [0.717, 1.165) is 14.8 Å². The number of nitrogens with one attached hydrogen (secondary N) is 2. The van der Waals surface area contributed by atoms with Gasteiger partial charge in [-0.3, -0.25) is 9.59 Å². The van der Waals surface area contributed by atoms with Crippen LogP contribution >= 0.6 is 57.6 Å². The molecule has 0 fully saturated rings. The van der Waals surface area contributed by atoms with Gasteiger partial charge < -0.3 is 15.2 Å². The van der Waals surface area contributed by atoms with Crippen LogP contribution in [0.15, 0.2) is 54.2 Å². The van der Waals surface area contributed by atoms with Crippen LogP contribution in [0.1, 0.15) is 41.5 Å². The summed E-state index contributed by atoms with van der Waals surface area (Å²) < 4.78 is 2.93. The molecule has 2 amide bonds. The van der Waals surface area contributed by atoms with Crippen molar-refractivity contribution < 1.29 is 9.59 Å². The van der Waals surface area contributed by atoms with Gasteiger partial charge >= 0.3 is 0 Å². The van der Waals surface area contributed by atoms with Crippen LogP contribution in [0.5, 0.6) is 0 Å². The summed E-state index contributed by atoms with van der Waals surface area (Å²) in [5.41, 5.74) is 2.28.